The van der Waals surface area contributed by atoms with E-state index in [4.69, 9.17) is 16.3 Å². The number of aryl methyl sites for hydroxylation is 1. The lowest BCUT2D eigenvalue weighted by Crippen LogP contribution is -2.62. The van der Waals surface area contributed by atoms with Gasteiger partial charge in [0.15, 0.2) is 0 Å². The Kier molecular flexibility index (Phi) is 5.81. The lowest BCUT2D eigenvalue weighted by molar-refractivity contribution is -0.0601. The lowest BCUT2D eigenvalue weighted by Gasteiger charge is -2.53. The van der Waals surface area contributed by atoms with Gasteiger partial charge in [-0.1, -0.05) is 11.6 Å². The van der Waals surface area contributed by atoms with Gasteiger partial charge in [-0.05, 0) is 99.5 Å². The van der Waals surface area contributed by atoms with Gasteiger partial charge in [-0.3, -0.25) is 4.90 Å². The number of nitrogens with zero attached hydrogens (tertiary/aromatic N) is 2. The molecule has 0 atom stereocenters. The van der Waals surface area contributed by atoms with E-state index in [9.17, 15) is 4.79 Å². The first-order valence-corrected chi connectivity index (χ1v) is 10.7. The third-order valence-electron chi connectivity index (χ3n) is 5.39. The van der Waals surface area contributed by atoms with Gasteiger partial charge in [0.25, 0.3) is 0 Å². The van der Waals surface area contributed by atoms with Crippen molar-refractivity contribution in [1.82, 2.24) is 9.80 Å². The van der Waals surface area contributed by atoms with Crippen LogP contribution in [-0.2, 0) is 11.3 Å². The molecule has 2 aliphatic heterocycles. The first-order valence-electron chi connectivity index (χ1n) is 9.22. The van der Waals surface area contributed by atoms with Crippen LogP contribution in [0.2, 0.25) is 5.02 Å². The Morgan fingerprint density at radius 2 is 1.88 bits per heavy atom. The van der Waals surface area contributed by atoms with Crippen LogP contribution in [0, 0.1) is 15.9 Å². The molecule has 2 heterocycles. The van der Waals surface area contributed by atoms with E-state index in [0.29, 0.717) is 5.41 Å². The quantitative estimate of drug-likeness (QED) is 0.542. The molecule has 1 spiro atoms. The number of amides is 1. The lowest BCUT2D eigenvalue weighted by atomic mass is 9.72. The van der Waals surface area contributed by atoms with Gasteiger partial charge in [0.1, 0.15) is 5.60 Å². The smallest absolute Gasteiger partial charge is 0.410 e. The summed E-state index contributed by atoms with van der Waals surface area (Å²) in [5.41, 5.74) is 2.53. The van der Waals surface area contributed by atoms with Gasteiger partial charge in [0.05, 0.1) is 0 Å². The molecule has 0 N–H and O–H groups in total. The number of benzene rings is 1. The molecule has 4 nitrogen and oxygen atoms in total. The van der Waals surface area contributed by atoms with Gasteiger partial charge in [0, 0.05) is 33.6 Å². The van der Waals surface area contributed by atoms with Crippen LogP contribution in [0.1, 0.15) is 44.7 Å². The maximum atomic E-state index is 12.2. The van der Waals surface area contributed by atoms with Gasteiger partial charge in [-0.25, -0.2) is 4.79 Å². The van der Waals surface area contributed by atoms with Crippen LogP contribution >= 0.6 is 34.2 Å². The summed E-state index contributed by atoms with van der Waals surface area (Å²) in [6, 6.07) is 4.09. The third-order valence-corrected chi connectivity index (χ3v) is 6.57. The predicted molar refractivity (Wildman–Crippen MR) is 114 cm³/mol. The Balaban J connectivity index is 1.51. The third kappa shape index (κ3) is 4.65. The minimum Gasteiger partial charge on any atom is -0.444 e. The average Bonchev–Trinajstić information content (AvgIpc) is 2.47. The van der Waals surface area contributed by atoms with Gasteiger partial charge >= 0.3 is 6.09 Å². The second kappa shape index (κ2) is 7.47. The van der Waals surface area contributed by atoms with Gasteiger partial charge < -0.3 is 9.64 Å². The van der Waals surface area contributed by atoms with Gasteiger partial charge in [-0.2, -0.15) is 0 Å². The van der Waals surface area contributed by atoms with Crippen molar-refractivity contribution < 1.29 is 9.53 Å². The van der Waals surface area contributed by atoms with Crippen molar-refractivity contribution in [3.05, 3.63) is 31.9 Å². The normalized spacial score (nSPS) is 20.2. The molecule has 0 aromatic heterocycles. The van der Waals surface area contributed by atoms with Crippen molar-refractivity contribution in [3.8, 4) is 0 Å². The second-order valence-electron chi connectivity index (χ2n) is 8.80. The molecule has 2 aliphatic rings. The molecule has 6 heteroatoms. The summed E-state index contributed by atoms with van der Waals surface area (Å²) in [5.74, 6) is 0. The summed E-state index contributed by atoms with van der Waals surface area (Å²) < 4.78 is 6.72. The van der Waals surface area contributed by atoms with Gasteiger partial charge in [0.2, 0.25) is 0 Å². The molecule has 2 fully saturated rings. The van der Waals surface area contributed by atoms with E-state index in [2.05, 4.69) is 40.5 Å². The fourth-order valence-corrected chi connectivity index (χ4v) is 5.27. The standard InChI is InChI=1S/C20H28ClIN2O2/c1-14-9-15(21)10-17(22)16(14)11-23-7-5-20(6-8-23)12-24(13-20)18(25)26-19(2,3)4/h9-10H,5-8,11-13H2,1-4H3. The molecule has 144 valence electrons. The molecule has 3 rings (SSSR count). The zero-order valence-corrected chi connectivity index (χ0v) is 19.0. The largest absolute Gasteiger partial charge is 0.444 e. The maximum Gasteiger partial charge on any atom is 0.410 e. The van der Waals surface area contributed by atoms with Gasteiger partial charge in [-0.15, -0.1) is 0 Å². The summed E-state index contributed by atoms with van der Waals surface area (Å²) in [4.78, 5) is 16.5. The molecule has 1 amide bonds. The molecular formula is C20H28ClIN2O2. The highest BCUT2D eigenvalue weighted by Gasteiger charge is 2.47. The molecule has 0 unspecified atom stereocenters. The van der Waals surface area contributed by atoms with Crippen molar-refractivity contribution >= 4 is 40.3 Å². The summed E-state index contributed by atoms with van der Waals surface area (Å²) in [6.45, 7) is 12.7. The molecule has 0 bridgehead atoms. The Hall–Kier alpha value is -0.530. The molecule has 1 aromatic rings. The molecule has 0 radical (unpaired) electrons. The monoisotopic (exact) mass is 490 g/mol. The number of rotatable bonds is 2. The second-order valence-corrected chi connectivity index (χ2v) is 10.4. The highest BCUT2D eigenvalue weighted by molar-refractivity contribution is 14.1. The first-order chi connectivity index (χ1) is 12.1. The molecule has 0 saturated carbocycles. The number of hydrogen-bond acceptors (Lipinski definition) is 3. The van der Waals surface area contributed by atoms with E-state index < -0.39 is 5.60 Å². The Morgan fingerprint density at radius 3 is 2.42 bits per heavy atom. The molecule has 1 aromatic carbocycles. The topological polar surface area (TPSA) is 32.8 Å². The Labute approximate surface area is 175 Å². The van der Waals surface area contributed by atoms with Crippen LogP contribution in [-0.4, -0.2) is 47.7 Å². The molecule has 0 aliphatic carbocycles. The van der Waals surface area contributed by atoms with Crippen molar-refractivity contribution in [3.63, 3.8) is 0 Å². The van der Waals surface area contributed by atoms with E-state index in [0.717, 1.165) is 50.6 Å². The van der Waals surface area contributed by atoms with Crippen molar-refractivity contribution in [1.29, 1.82) is 0 Å². The number of hydrogen-bond donors (Lipinski definition) is 0. The van der Waals surface area contributed by atoms with Crippen molar-refractivity contribution in [2.24, 2.45) is 5.41 Å². The number of halogens is 2. The summed E-state index contributed by atoms with van der Waals surface area (Å²) in [6.07, 6.45) is 2.13. The summed E-state index contributed by atoms with van der Waals surface area (Å²) in [5, 5.41) is 0.810. The van der Waals surface area contributed by atoms with E-state index in [-0.39, 0.29) is 6.09 Å². The minimum absolute atomic E-state index is 0.170. The first kappa shape index (κ1) is 20.2. The van der Waals surface area contributed by atoms with Crippen LogP contribution in [0.25, 0.3) is 0 Å². The number of piperidine rings is 1. The number of likely N-dealkylation sites (tertiary alicyclic amines) is 2. The van der Waals surface area contributed by atoms with Crippen molar-refractivity contribution in [2.45, 2.75) is 52.7 Å². The summed E-state index contributed by atoms with van der Waals surface area (Å²) >= 11 is 8.53. The molecule has 26 heavy (non-hydrogen) atoms. The van der Waals surface area contributed by atoms with Crippen LogP contribution in [0.15, 0.2) is 12.1 Å². The summed E-state index contributed by atoms with van der Waals surface area (Å²) in [7, 11) is 0. The number of carbonyl (C=O) groups excluding carboxylic acids is 1. The highest BCUT2D eigenvalue weighted by atomic mass is 127. The van der Waals surface area contributed by atoms with Crippen LogP contribution in [0.4, 0.5) is 4.79 Å². The zero-order chi connectivity index (χ0) is 19.1. The average molecular weight is 491 g/mol. The molecule has 2 saturated heterocycles. The van der Waals surface area contributed by atoms with Crippen LogP contribution in [0.5, 0.6) is 0 Å². The minimum atomic E-state index is -0.420. The number of ether oxygens (including phenoxy) is 1. The maximum absolute atomic E-state index is 12.2. The van der Waals surface area contributed by atoms with Crippen molar-refractivity contribution in [2.75, 3.05) is 26.2 Å². The Morgan fingerprint density at radius 1 is 1.27 bits per heavy atom. The van der Waals surface area contributed by atoms with Crippen LogP contribution < -0.4 is 0 Å². The number of carbonyl (C=O) groups is 1. The fourth-order valence-electron chi connectivity index (χ4n) is 3.88. The molecular weight excluding hydrogens is 463 g/mol. The zero-order valence-electron chi connectivity index (χ0n) is 16.1. The Bertz CT molecular complexity index is 663. The van der Waals surface area contributed by atoms with E-state index in [1.807, 2.05) is 31.7 Å². The SMILES string of the molecule is Cc1cc(Cl)cc(I)c1CN1CCC2(CC1)CN(C(=O)OC(C)(C)C)C2. The fraction of sp³-hybridized carbons (Fsp3) is 0.650. The van der Waals surface area contributed by atoms with E-state index in [1.165, 1.54) is 14.7 Å². The van der Waals surface area contributed by atoms with E-state index >= 15 is 0 Å². The predicted octanol–water partition coefficient (Wildman–Crippen LogP) is 5.09. The highest BCUT2D eigenvalue weighted by Crippen LogP contribution is 2.41. The van der Waals surface area contributed by atoms with E-state index in [1.54, 1.807) is 0 Å². The van der Waals surface area contributed by atoms with Crippen LogP contribution in [0.3, 0.4) is 0 Å².